The SMILES string of the molecule is O=c1c2ccccc2nc(C2CCCN2CCc2ccc3c(c2)CCO3)n1CCO. The van der Waals surface area contributed by atoms with Crippen molar-refractivity contribution in [2.45, 2.75) is 38.3 Å². The van der Waals surface area contributed by atoms with Gasteiger partial charge in [-0.3, -0.25) is 14.3 Å². The molecule has 156 valence electrons. The summed E-state index contributed by atoms with van der Waals surface area (Å²) < 4.78 is 7.30. The van der Waals surface area contributed by atoms with E-state index in [1.807, 2.05) is 24.3 Å². The third-order valence-corrected chi connectivity index (χ3v) is 6.32. The number of rotatable bonds is 6. The lowest BCUT2D eigenvalue weighted by atomic mass is 10.1. The van der Waals surface area contributed by atoms with Crippen molar-refractivity contribution in [2.75, 3.05) is 26.3 Å². The molecule has 1 N–H and O–H groups in total. The predicted molar refractivity (Wildman–Crippen MR) is 116 cm³/mol. The first-order valence-electron chi connectivity index (χ1n) is 10.8. The molecule has 0 aliphatic carbocycles. The second-order valence-electron chi connectivity index (χ2n) is 8.15. The molecule has 0 radical (unpaired) electrons. The monoisotopic (exact) mass is 405 g/mol. The first kappa shape index (κ1) is 19.3. The molecule has 2 aliphatic rings. The minimum Gasteiger partial charge on any atom is -0.493 e. The van der Waals surface area contributed by atoms with Crippen molar-refractivity contribution in [3.05, 3.63) is 69.8 Å². The van der Waals surface area contributed by atoms with E-state index in [4.69, 9.17) is 9.72 Å². The van der Waals surface area contributed by atoms with Crippen molar-refractivity contribution in [3.63, 3.8) is 0 Å². The van der Waals surface area contributed by atoms with Crippen LogP contribution in [0, 0.1) is 0 Å². The summed E-state index contributed by atoms with van der Waals surface area (Å²) in [5, 5.41) is 10.2. The zero-order valence-corrected chi connectivity index (χ0v) is 17.1. The molecule has 2 aromatic carbocycles. The Kier molecular flexibility index (Phi) is 5.27. The number of ether oxygens (including phenoxy) is 1. The highest BCUT2D eigenvalue weighted by Crippen LogP contribution is 2.32. The largest absolute Gasteiger partial charge is 0.493 e. The lowest BCUT2D eigenvalue weighted by Crippen LogP contribution is -2.34. The lowest BCUT2D eigenvalue weighted by Gasteiger charge is -2.26. The van der Waals surface area contributed by atoms with E-state index < -0.39 is 0 Å². The molecule has 0 spiro atoms. The Morgan fingerprint density at radius 1 is 1.17 bits per heavy atom. The van der Waals surface area contributed by atoms with Gasteiger partial charge in [0.1, 0.15) is 11.6 Å². The van der Waals surface area contributed by atoms with Gasteiger partial charge in [0, 0.05) is 13.0 Å². The molecular formula is C24H27N3O3. The van der Waals surface area contributed by atoms with Crippen LogP contribution in [0.25, 0.3) is 10.9 Å². The highest BCUT2D eigenvalue weighted by molar-refractivity contribution is 5.77. The first-order chi connectivity index (χ1) is 14.7. The Morgan fingerprint density at radius 3 is 2.97 bits per heavy atom. The van der Waals surface area contributed by atoms with E-state index in [0.717, 1.165) is 62.5 Å². The van der Waals surface area contributed by atoms with E-state index in [2.05, 4.69) is 23.1 Å². The third-order valence-electron chi connectivity index (χ3n) is 6.32. The normalized spacial score (nSPS) is 18.6. The Balaban J connectivity index is 1.42. The molecule has 6 nitrogen and oxygen atoms in total. The maximum absolute atomic E-state index is 13.1. The van der Waals surface area contributed by atoms with Crippen molar-refractivity contribution in [1.29, 1.82) is 0 Å². The number of hydrogen-bond acceptors (Lipinski definition) is 5. The van der Waals surface area contributed by atoms with Gasteiger partial charge in [-0.05, 0) is 55.1 Å². The molecule has 1 unspecified atom stereocenters. The van der Waals surface area contributed by atoms with Gasteiger partial charge in [-0.15, -0.1) is 0 Å². The average molecular weight is 405 g/mol. The third kappa shape index (κ3) is 3.50. The fourth-order valence-electron chi connectivity index (χ4n) is 4.81. The number of fused-ring (bicyclic) bond motifs is 2. The van der Waals surface area contributed by atoms with Crippen LogP contribution in [0.2, 0.25) is 0 Å². The number of benzene rings is 2. The Labute approximate surface area is 175 Å². The fourth-order valence-corrected chi connectivity index (χ4v) is 4.81. The molecule has 3 heterocycles. The van der Waals surface area contributed by atoms with Crippen LogP contribution in [0.5, 0.6) is 5.75 Å². The van der Waals surface area contributed by atoms with E-state index in [-0.39, 0.29) is 24.8 Å². The van der Waals surface area contributed by atoms with E-state index in [9.17, 15) is 9.90 Å². The van der Waals surface area contributed by atoms with Crippen LogP contribution in [-0.4, -0.2) is 45.9 Å². The minimum absolute atomic E-state index is 0.0601. The van der Waals surface area contributed by atoms with Crippen LogP contribution in [0.15, 0.2) is 47.3 Å². The maximum atomic E-state index is 13.1. The molecule has 1 aromatic heterocycles. The van der Waals surface area contributed by atoms with Crippen LogP contribution >= 0.6 is 0 Å². The number of aliphatic hydroxyl groups excluding tert-OH is 1. The van der Waals surface area contributed by atoms with Gasteiger partial charge in [-0.25, -0.2) is 4.98 Å². The topological polar surface area (TPSA) is 67.6 Å². The van der Waals surface area contributed by atoms with E-state index in [1.54, 1.807) is 4.57 Å². The van der Waals surface area contributed by atoms with Gasteiger partial charge in [-0.1, -0.05) is 24.3 Å². The quantitative estimate of drug-likeness (QED) is 0.683. The summed E-state index contributed by atoms with van der Waals surface area (Å²) in [4.78, 5) is 20.4. The Bertz CT molecular complexity index is 1120. The highest BCUT2D eigenvalue weighted by Gasteiger charge is 2.30. The van der Waals surface area contributed by atoms with Crippen molar-refractivity contribution < 1.29 is 9.84 Å². The molecule has 0 bridgehead atoms. The number of para-hydroxylation sites is 1. The van der Waals surface area contributed by atoms with Crippen LogP contribution in [0.3, 0.4) is 0 Å². The number of aromatic nitrogens is 2. The first-order valence-corrected chi connectivity index (χ1v) is 10.8. The predicted octanol–water partition coefficient (Wildman–Crippen LogP) is 2.70. The molecule has 30 heavy (non-hydrogen) atoms. The second kappa shape index (κ2) is 8.20. The van der Waals surface area contributed by atoms with E-state index in [0.29, 0.717) is 5.39 Å². The summed E-state index contributed by atoms with van der Waals surface area (Å²) in [6, 6.07) is 14.1. The van der Waals surface area contributed by atoms with Gasteiger partial charge in [0.05, 0.1) is 36.7 Å². The van der Waals surface area contributed by atoms with Gasteiger partial charge in [0.2, 0.25) is 0 Å². The van der Waals surface area contributed by atoms with Gasteiger partial charge in [0.25, 0.3) is 5.56 Å². The summed E-state index contributed by atoms with van der Waals surface area (Å²) in [7, 11) is 0. The van der Waals surface area contributed by atoms with Crippen molar-refractivity contribution in [2.24, 2.45) is 0 Å². The minimum atomic E-state index is -0.0726. The van der Waals surface area contributed by atoms with Gasteiger partial charge >= 0.3 is 0 Å². The molecule has 3 aromatic rings. The number of likely N-dealkylation sites (tertiary alicyclic amines) is 1. The molecule has 2 aliphatic heterocycles. The number of nitrogens with zero attached hydrogens (tertiary/aromatic N) is 3. The molecule has 6 heteroatoms. The molecule has 5 rings (SSSR count). The van der Waals surface area contributed by atoms with Gasteiger partial charge < -0.3 is 9.84 Å². The van der Waals surface area contributed by atoms with Crippen molar-refractivity contribution in [3.8, 4) is 5.75 Å². The molecule has 0 amide bonds. The van der Waals surface area contributed by atoms with Gasteiger partial charge in [0.15, 0.2) is 0 Å². The van der Waals surface area contributed by atoms with Crippen LogP contribution in [0.4, 0.5) is 0 Å². The summed E-state index contributed by atoms with van der Waals surface area (Å²) >= 11 is 0. The molecule has 1 fully saturated rings. The summed E-state index contributed by atoms with van der Waals surface area (Å²) in [6.07, 6.45) is 4.02. The second-order valence-corrected chi connectivity index (χ2v) is 8.15. The lowest BCUT2D eigenvalue weighted by molar-refractivity contribution is 0.232. The van der Waals surface area contributed by atoms with Crippen LogP contribution in [0.1, 0.15) is 35.8 Å². The van der Waals surface area contributed by atoms with E-state index >= 15 is 0 Å². The standard InChI is InChI=1S/C24H27N3O3/c28-14-13-27-23(25-20-5-2-1-4-19(20)24(27)29)21-6-3-11-26(21)12-9-17-7-8-22-18(16-17)10-15-30-22/h1-2,4-5,7-8,16,21,28H,3,6,9-15H2. The summed E-state index contributed by atoms with van der Waals surface area (Å²) in [5.41, 5.74) is 3.30. The van der Waals surface area contributed by atoms with Crippen LogP contribution < -0.4 is 10.3 Å². The van der Waals surface area contributed by atoms with Crippen molar-refractivity contribution in [1.82, 2.24) is 14.5 Å². The molecule has 1 saturated heterocycles. The maximum Gasteiger partial charge on any atom is 0.261 e. The highest BCUT2D eigenvalue weighted by atomic mass is 16.5. The molecule has 0 saturated carbocycles. The average Bonchev–Trinajstić information content (AvgIpc) is 3.43. The summed E-state index contributed by atoms with van der Waals surface area (Å²) in [6.45, 7) is 2.91. The molecular weight excluding hydrogens is 378 g/mol. The Morgan fingerprint density at radius 2 is 2.07 bits per heavy atom. The van der Waals surface area contributed by atoms with E-state index in [1.165, 1.54) is 11.1 Å². The number of aliphatic hydroxyl groups is 1. The fraction of sp³-hybridized carbons (Fsp3) is 0.417. The van der Waals surface area contributed by atoms with Gasteiger partial charge in [-0.2, -0.15) is 0 Å². The smallest absolute Gasteiger partial charge is 0.261 e. The zero-order valence-electron chi connectivity index (χ0n) is 17.1. The van der Waals surface area contributed by atoms with Crippen molar-refractivity contribution >= 4 is 10.9 Å². The Hall–Kier alpha value is -2.70. The zero-order chi connectivity index (χ0) is 20.5. The van der Waals surface area contributed by atoms with Crippen LogP contribution in [-0.2, 0) is 19.4 Å². The summed E-state index contributed by atoms with van der Waals surface area (Å²) in [5.74, 6) is 1.80. The molecule has 1 atom stereocenters. The number of hydrogen-bond donors (Lipinski definition) is 1.